The molecule has 0 bridgehead atoms. The summed E-state index contributed by atoms with van der Waals surface area (Å²) >= 11 is 6.77. The summed E-state index contributed by atoms with van der Waals surface area (Å²) in [5.74, 6) is 0. The van der Waals surface area contributed by atoms with Gasteiger partial charge in [0.25, 0.3) is 0 Å². The van der Waals surface area contributed by atoms with Gasteiger partial charge in [-0.15, -0.1) is 22.7 Å². The number of aliphatic hydroxyl groups is 1. The first-order valence-corrected chi connectivity index (χ1v) is 7.62. The largest absolute Gasteiger partial charge is 0.382 e. The molecule has 0 spiro atoms. The molecule has 1 atom stereocenters. The van der Waals surface area contributed by atoms with E-state index in [1.165, 1.54) is 10.4 Å². The topological polar surface area (TPSA) is 20.2 Å². The summed E-state index contributed by atoms with van der Waals surface area (Å²) in [6, 6.07) is 4.11. The molecule has 4 heteroatoms. The Balaban J connectivity index is 2.35. The van der Waals surface area contributed by atoms with Crippen molar-refractivity contribution in [3.63, 3.8) is 0 Å². The third kappa shape index (κ3) is 2.25. The fraction of sp³-hybridized carbons (Fsp3) is 0.333. The maximum absolute atomic E-state index is 10.3. The van der Waals surface area contributed by atoms with E-state index in [1.54, 1.807) is 22.7 Å². The minimum atomic E-state index is -0.468. The Morgan fingerprint density at radius 1 is 1.50 bits per heavy atom. The average Bonchev–Trinajstić information content (AvgIpc) is 2.85. The summed E-state index contributed by atoms with van der Waals surface area (Å²) in [4.78, 5) is 3.31. The maximum atomic E-state index is 10.3. The lowest BCUT2D eigenvalue weighted by atomic mass is 10.1. The third-order valence-corrected chi connectivity index (χ3v) is 5.76. The molecule has 0 aliphatic carbocycles. The highest BCUT2D eigenvalue weighted by molar-refractivity contribution is 9.10. The van der Waals surface area contributed by atoms with Gasteiger partial charge in [-0.1, -0.05) is 6.92 Å². The van der Waals surface area contributed by atoms with E-state index in [1.807, 2.05) is 11.4 Å². The first-order valence-electron chi connectivity index (χ1n) is 5.13. The molecule has 86 valence electrons. The van der Waals surface area contributed by atoms with Crippen molar-refractivity contribution in [1.29, 1.82) is 0 Å². The molecular weight excluding hydrogens is 304 g/mol. The Hall–Kier alpha value is -0.160. The summed E-state index contributed by atoms with van der Waals surface area (Å²) in [5, 5.41) is 12.4. The van der Waals surface area contributed by atoms with Crippen LogP contribution in [-0.4, -0.2) is 5.11 Å². The van der Waals surface area contributed by atoms with E-state index in [0.29, 0.717) is 0 Å². The molecule has 1 nitrogen and oxygen atoms in total. The summed E-state index contributed by atoms with van der Waals surface area (Å²) in [5.41, 5.74) is 1.25. The summed E-state index contributed by atoms with van der Waals surface area (Å²) in [6.07, 6.45) is 0.506. The molecule has 1 N–H and O–H groups in total. The molecule has 2 aromatic rings. The molecule has 2 heterocycles. The number of rotatable bonds is 3. The van der Waals surface area contributed by atoms with Crippen LogP contribution >= 0.6 is 38.6 Å². The van der Waals surface area contributed by atoms with Gasteiger partial charge in [0.2, 0.25) is 0 Å². The number of hydrogen-bond acceptors (Lipinski definition) is 3. The zero-order chi connectivity index (χ0) is 11.7. The van der Waals surface area contributed by atoms with E-state index in [9.17, 15) is 5.11 Å². The lowest BCUT2D eigenvalue weighted by Gasteiger charge is -2.08. The first kappa shape index (κ1) is 12.3. The third-order valence-electron chi connectivity index (χ3n) is 2.56. The molecule has 0 radical (unpaired) electrons. The van der Waals surface area contributed by atoms with E-state index in [0.717, 1.165) is 20.6 Å². The van der Waals surface area contributed by atoms with Gasteiger partial charge in [0.05, 0.1) is 0 Å². The maximum Gasteiger partial charge on any atom is 0.123 e. The van der Waals surface area contributed by atoms with E-state index in [2.05, 4.69) is 35.8 Å². The van der Waals surface area contributed by atoms with Crippen LogP contribution < -0.4 is 0 Å². The molecule has 0 amide bonds. The fourth-order valence-corrected chi connectivity index (χ4v) is 4.26. The van der Waals surface area contributed by atoms with Gasteiger partial charge in [-0.2, -0.15) is 0 Å². The van der Waals surface area contributed by atoms with Crippen LogP contribution in [0.1, 0.15) is 33.2 Å². The van der Waals surface area contributed by atoms with Crippen LogP contribution in [0, 0.1) is 6.92 Å². The predicted octanol–water partition coefficient (Wildman–Crippen LogP) is 4.52. The van der Waals surface area contributed by atoms with Crippen LogP contribution in [0.25, 0.3) is 0 Å². The molecule has 0 aliphatic heterocycles. The Kier molecular flexibility index (Phi) is 3.85. The Labute approximate surface area is 112 Å². The number of halogens is 1. The lowest BCUT2D eigenvalue weighted by Crippen LogP contribution is -1.97. The van der Waals surface area contributed by atoms with Crippen LogP contribution in [0.5, 0.6) is 0 Å². The van der Waals surface area contributed by atoms with Crippen molar-refractivity contribution in [1.82, 2.24) is 0 Å². The van der Waals surface area contributed by atoms with Gasteiger partial charge in [0.1, 0.15) is 6.10 Å². The quantitative estimate of drug-likeness (QED) is 0.882. The number of aryl methyl sites for hydroxylation is 2. The van der Waals surface area contributed by atoms with Gasteiger partial charge in [0, 0.05) is 19.1 Å². The lowest BCUT2D eigenvalue weighted by molar-refractivity contribution is 0.227. The molecule has 0 saturated carbocycles. The highest BCUT2D eigenvalue weighted by Gasteiger charge is 2.18. The Morgan fingerprint density at radius 2 is 2.25 bits per heavy atom. The minimum Gasteiger partial charge on any atom is -0.382 e. The molecule has 0 aromatic carbocycles. The summed E-state index contributed by atoms with van der Waals surface area (Å²) in [7, 11) is 0. The van der Waals surface area contributed by atoms with Crippen molar-refractivity contribution in [2.75, 3.05) is 0 Å². The van der Waals surface area contributed by atoms with Gasteiger partial charge < -0.3 is 5.11 Å². The Morgan fingerprint density at radius 3 is 2.81 bits per heavy atom. The van der Waals surface area contributed by atoms with E-state index < -0.39 is 6.10 Å². The zero-order valence-corrected chi connectivity index (χ0v) is 12.4. The summed E-state index contributed by atoms with van der Waals surface area (Å²) < 4.78 is 1.08. The molecule has 2 rings (SSSR count). The monoisotopic (exact) mass is 316 g/mol. The minimum absolute atomic E-state index is 0.468. The van der Waals surface area contributed by atoms with Crippen molar-refractivity contribution < 1.29 is 5.11 Å². The number of hydrogen-bond donors (Lipinski definition) is 1. The van der Waals surface area contributed by atoms with Crippen molar-refractivity contribution in [3.05, 3.63) is 42.2 Å². The van der Waals surface area contributed by atoms with Crippen LogP contribution in [-0.2, 0) is 6.42 Å². The molecule has 1 unspecified atom stereocenters. The predicted molar refractivity (Wildman–Crippen MR) is 74.5 cm³/mol. The molecule has 16 heavy (non-hydrogen) atoms. The smallest absolute Gasteiger partial charge is 0.123 e. The second-order valence-corrected chi connectivity index (χ2v) is 6.71. The van der Waals surface area contributed by atoms with E-state index in [-0.39, 0.29) is 0 Å². The number of aliphatic hydroxyl groups excluding tert-OH is 1. The van der Waals surface area contributed by atoms with Gasteiger partial charge in [-0.25, -0.2) is 0 Å². The normalized spacial score (nSPS) is 13.0. The highest BCUT2D eigenvalue weighted by Crippen LogP contribution is 2.36. The molecule has 0 aliphatic rings. The van der Waals surface area contributed by atoms with Crippen LogP contribution in [0.2, 0.25) is 0 Å². The van der Waals surface area contributed by atoms with Gasteiger partial charge in [-0.05, 0) is 52.4 Å². The second kappa shape index (κ2) is 5.00. The standard InChI is InChI=1S/C12H13BrOS2/c1-3-8-4-5-15-12(8)11(14)10-6-9(13)7(2)16-10/h4-6,11,14H,3H2,1-2H3. The molecule has 2 aromatic heterocycles. The Bertz CT molecular complexity index is 467. The molecule has 0 saturated heterocycles. The van der Waals surface area contributed by atoms with Gasteiger partial charge >= 0.3 is 0 Å². The van der Waals surface area contributed by atoms with E-state index >= 15 is 0 Å². The van der Waals surface area contributed by atoms with Crippen LogP contribution in [0.4, 0.5) is 0 Å². The molecular formula is C12H13BrOS2. The van der Waals surface area contributed by atoms with Crippen LogP contribution in [0.3, 0.4) is 0 Å². The first-order chi connectivity index (χ1) is 7.63. The van der Waals surface area contributed by atoms with Gasteiger partial charge in [0.15, 0.2) is 0 Å². The SMILES string of the molecule is CCc1ccsc1C(O)c1cc(Br)c(C)s1. The van der Waals surface area contributed by atoms with Crippen molar-refractivity contribution in [3.8, 4) is 0 Å². The van der Waals surface area contributed by atoms with Crippen LogP contribution in [0.15, 0.2) is 22.0 Å². The average molecular weight is 317 g/mol. The summed E-state index contributed by atoms with van der Waals surface area (Å²) in [6.45, 7) is 4.17. The van der Waals surface area contributed by atoms with Crippen molar-refractivity contribution in [2.45, 2.75) is 26.4 Å². The highest BCUT2D eigenvalue weighted by atomic mass is 79.9. The van der Waals surface area contributed by atoms with Gasteiger partial charge in [-0.3, -0.25) is 0 Å². The van der Waals surface area contributed by atoms with Crippen molar-refractivity contribution in [2.24, 2.45) is 0 Å². The number of thiophene rings is 2. The zero-order valence-electron chi connectivity index (χ0n) is 9.16. The van der Waals surface area contributed by atoms with E-state index in [4.69, 9.17) is 0 Å². The second-order valence-electron chi connectivity index (χ2n) is 3.62. The fourth-order valence-electron chi connectivity index (χ4n) is 1.62. The molecule has 0 fully saturated rings. The van der Waals surface area contributed by atoms with Crippen molar-refractivity contribution >= 4 is 38.6 Å².